The molecule has 0 heterocycles. The second-order valence-electron chi connectivity index (χ2n) is 7.31. The van der Waals surface area contributed by atoms with Crippen LogP contribution in [0, 0.1) is 0 Å². The first-order valence-electron chi connectivity index (χ1n) is 11.1. The van der Waals surface area contributed by atoms with Gasteiger partial charge in [-0.3, -0.25) is 19.2 Å². The van der Waals surface area contributed by atoms with E-state index in [0.717, 1.165) is 24.9 Å². The van der Waals surface area contributed by atoms with Crippen molar-refractivity contribution in [1.29, 1.82) is 0 Å². The molecule has 0 aliphatic rings. The topological polar surface area (TPSA) is 217 Å². The van der Waals surface area contributed by atoms with E-state index in [1.165, 1.54) is 6.92 Å². The monoisotopic (exact) mass is 506 g/mol. The van der Waals surface area contributed by atoms with Gasteiger partial charge in [0.25, 0.3) is 0 Å². The molecule has 36 heavy (non-hydrogen) atoms. The Kier molecular flexibility index (Phi) is 20.7. The zero-order valence-corrected chi connectivity index (χ0v) is 20.6. The van der Waals surface area contributed by atoms with Gasteiger partial charge in [-0.15, -0.1) is 0 Å². The average Bonchev–Trinajstić information content (AvgIpc) is 2.83. The van der Waals surface area contributed by atoms with Gasteiger partial charge in [0.05, 0.1) is 6.61 Å². The number of carboxylic acid groups (broad SMARTS) is 2. The minimum atomic E-state index is -0.933. The first kappa shape index (κ1) is 34.4. The number of aliphatic carboxylic acids is 2. The summed E-state index contributed by atoms with van der Waals surface area (Å²) < 4.78 is 5.29. The maximum absolute atomic E-state index is 10.6. The highest BCUT2D eigenvalue weighted by Gasteiger charge is 2.09. The summed E-state index contributed by atoms with van der Waals surface area (Å²) in [6.07, 6.45) is 3.63. The lowest BCUT2D eigenvalue weighted by Gasteiger charge is -2.03. The van der Waals surface area contributed by atoms with Crippen LogP contribution in [0.1, 0.15) is 49.4 Å². The molecule has 0 fully saturated rings. The molecule has 2 aromatic carbocycles. The molecule has 1 amide bonds. The van der Waals surface area contributed by atoms with E-state index in [-0.39, 0.29) is 18.5 Å². The lowest BCUT2D eigenvalue weighted by Crippen LogP contribution is -2.29. The van der Waals surface area contributed by atoms with Gasteiger partial charge in [0.1, 0.15) is 18.1 Å². The molecule has 0 spiro atoms. The van der Waals surface area contributed by atoms with Gasteiger partial charge in [0, 0.05) is 24.6 Å². The van der Waals surface area contributed by atoms with Gasteiger partial charge in [-0.2, -0.15) is 0 Å². The van der Waals surface area contributed by atoms with E-state index in [9.17, 15) is 19.2 Å². The Morgan fingerprint density at radius 1 is 1.00 bits per heavy atom. The first-order chi connectivity index (χ1) is 16.7. The van der Waals surface area contributed by atoms with Gasteiger partial charge in [-0.05, 0) is 62.2 Å². The number of unbranched alkanes of at least 4 members (excludes halogenated alkanes) is 1. The summed E-state index contributed by atoms with van der Waals surface area (Å²) in [6, 6.07) is 15.3. The lowest BCUT2D eigenvalue weighted by atomic mass is 10.1. The minimum Gasteiger partial charge on any atom is -0.494 e. The van der Waals surface area contributed by atoms with Crippen molar-refractivity contribution in [2.45, 2.75) is 45.1 Å². The highest BCUT2D eigenvalue weighted by atomic mass is 16.5. The molecule has 10 N–H and O–H groups in total. The molecule has 0 aliphatic carbocycles. The number of carbonyl (C=O) groups excluding carboxylic acids is 2. The number of anilines is 1. The molecule has 0 aliphatic heterocycles. The van der Waals surface area contributed by atoms with Crippen LogP contribution in [0.25, 0.3) is 0 Å². The van der Waals surface area contributed by atoms with Crippen molar-refractivity contribution in [3.05, 3.63) is 60.2 Å². The van der Waals surface area contributed by atoms with Crippen LogP contribution in [0.2, 0.25) is 0 Å². The molecule has 0 saturated carbocycles. The van der Waals surface area contributed by atoms with E-state index in [1.54, 1.807) is 24.3 Å². The third-order valence-corrected chi connectivity index (χ3v) is 4.20. The van der Waals surface area contributed by atoms with Crippen LogP contribution in [-0.4, -0.2) is 53.5 Å². The van der Waals surface area contributed by atoms with Crippen molar-refractivity contribution in [3.8, 4) is 5.75 Å². The first-order valence-corrected chi connectivity index (χ1v) is 11.1. The highest BCUT2D eigenvalue weighted by molar-refractivity contribution is 5.89. The maximum Gasteiger partial charge on any atom is 0.320 e. The van der Waals surface area contributed by atoms with Gasteiger partial charge in [0.2, 0.25) is 5.91 Å². The van der Waals surface area contributed by atoms with E-state index in [2.05, 4.69) is 5.32 Å². The summed E-state index contributed by atoms with van der Waals surface area (Å²) in [5.41, 5.74) is 11.7. The van der Waals surface area contributed by atoms with Crippen molar-refractivity contribution >= 4 is 29.8 Å². The summed E-state index contributed by atoms with van der Waals surface area (Å²) in [5, 5.41) is 19.3. The van der Waals surface area contributed by atoms with Crippen LogP contribution in [-0.2, 0) is 14.4 Å². The lowest BCUT2D eigenvalue weighted by molar-refractivity contribution is -0.139. The molecule has 2 aromatic rings. The van der Waals surface area contributed by atoms with Crippen molar-refractivity contribution in [3.63, 3.8) is 0 Å². The summed E-state index contributed by atoms with van der Waals surface area (Å²) in [5.74, 6) is -1.05. The Balaban J connectivity index is 0. The smallest absolute Gasteiger partial charge is 0.320 e. The zero-order valence-electron chi connectivity index (χ0n) is 20.6. The van der Waals surface area contributed by atoms with Crippen LogP contribution >= 0.6 is 0 Å². The Morgan fingerprint density at radius 3 is 2.08 bits per heavy atom. The Hall–Kier alpha value is -3.80. The highest BCUT2D eigenvalue weighted by Crippen LogP contribution is 2.09. The number of benzene rings is 2. The number of carbonyl (C=O) groups is 4. The standard InChI is InChI=1S/C10H12O3.C9H9NO2.C6H14N2O2.H3N/c11-10(12)7-4-8-13-9-5-2-1-3-6-9;1-7(12)10-9-4-2-8(6-11)3-5-9;7-4-2-1-3-5(8)6(9)10;/h1-3,5-6H,4,7-8H2,(H,11,12);2-6H,1H3,(H,10,12);5H,1-4,7-8H2,(H,9,10);1H3/t;;5-;/m..0./s1. The summed E-state index contributed by atoms with van der Waals surface area (Å²) >= 11 is 0. The van der Waals surface area contributed by atoms with Crippen LogP contribution in [0.4, 0.5) is 5.69 Å². The number of hydrogen-bond acceptors (Lipinski definition) is 8. The SMILES string of the molecule is CC(=O)Nc1ccc(C=O)cc1.N.NCCCC[C@H](N)C(=O)O.O=C(O)CCCOc1ccccc1. The zero-order chi connectivity index (χ0) is 26.5. The molecule has 200 valence electrons. The third kappa shape index (κ3) is 19.6. The average molecular weight is 507 g/mol. The van der Waals surface area contributed by atoms with Gasteiger partial charge in [0.15, 0.2) is 0 Å². The predicted molar refractivity (Wildman–Crippen MR) is 138 cm³/mol. The van der Waals surface area contributed by atoms with Crippen molar-refractivity contribution in [1.82, 2.24) is 6.15 Å². The Bertz CT molecular complexity index is 878. The van der Waals surface area contributed by atoms with E-state index < -0.39 is 18.0 Å². The molecule has 0 radical (unpaired) electrons. The third-order valence-electron chi connectivity index (χ3n) is 4.20. The van der Waals surface area contributed by atoms with Crippen molar-refractivity contribution in [2.24, 2.45) is 11.5 Å². The second kappa shape index (κ2) is 21.7. The number of hydrogen-bond donors (Lipinski definition) is 6. The van der Waals surface area contributed by atoms with E-state index in [4.69, 9.17) is 26.4 Å². The van der Waals surface area contributed by atoms with Gasteiger partial charge >= 0.3 is 11.9 Å². The summed E-state index contributed by atoms with van der Waals surface area (Å²) in [7, 11) is 0. The second-order valence-corrected chi connectivity index (χ2v) is 7.31. The largest absolute Gasteiger partial charge is 0.494 e. The fourth-order valence-corrected chi connectivity index (χ4v) is 2.41. The summed E-state index contributed by atoms with van der Waals surface area (Å²) in [4.78, 5) is 41.1. The summed E-state index contributed by atoms with van der Waals surface area (Å²) in [6.45, 7) is 2.50. The molecule has 11 nitrogen and oxygen atoms in total. The molecule has 0 saturated heterocycles. The fourth-order valence-electron chi connectivity index (χ4n) is 2.41. The normalized spacial score (nSPS) is 10.1. The number of carboxylic acids is 2. The number of para-hydroxylation sites is 1. The number of aldehydes is 1. The molecule has 1 atom stereocenters. The minimum absolute atomic E-state index is 0. The van der Waals surface area contributed by atoms with Crippen molar-refractivity contribution < 1.29 is 34.1 Å². The van der Waals surface area contributed by atoms with E-state index >= 15 is 0 Å². The molecular formula is C25H38N4O7. The maximum atomic E-state index is 10.6. The van der Waals surface area contributed by atoms with Crippen LogP contribution in [0.5, 0.6) is 5.75 Å². The van der Waals surface area contributed by atoms with Crippen molar-refractivity contribution in [2.75, 3.05) is 18.5 Å². The van der Waals surface area contributed by atoms with Gasteiger partial charge in [-0.25, -0.2) is 0 Å². The van der Waals surface area contributed by atoms with Gasteiger partial charge in [-0.1, -0.05) is 24.6 Å². The fraction of sp³-hybridized carbons (Fsp3) is 0.360. The Labute approximate surface area is 211 Å². The molecular weight excluding hydrogens is 468 g/mol. The number of nitrogens with two attached hydrogens (primary N) is 2. The van der Waals surface area contributed by atoms with E-state index in [1.807, 2.05) is 30.3 Å². The van der Waals surface area contributed by atoms with Gasteiger partial charge < -0.3 is 37.9 Å². The van der Waals surface area contributed by atoms with Crippen LogP contribution in [0.3, 0.4) is 0 Å². The molecule has 0 aromatic heterocycles. The predicted octanol–water partition coefficient (Wildman–Crippen LogP) is 3.08. The van der Waals surface area contributed by atoms with E-state index in [0.29, 0.717) is 37.2 Å². The Morgan fingerprint density at radius 2 is 1.61 bits per heavy atom. The van der Waals surface area contributed by atoms with Crippen LogP contribution in [0.15, 0.2) is 54.6 Å². The molecule has 11 heteroatoms. The number of ether oxygens (including phenoxy) is 1. The molecule has 0 bridgehead atoms. The van der Waals surface area contributed by atoms with Crippen LogP contribution < -0.4 is 27.7 Å². The number of amides is 1. The molecule has 0 unspecified atom stereocenters. The number of rotatable bonds is 12. The number of nitrogens with one attached hydrogen (secondary N) is 1. The molecule has 2 rings (SSSR count). The quantitative estimate of drug-likeness (QED) is 0.182.